The fraction of sp³-hybridized carbons (Fsp3) is 0.474. The van der Waals surface area contributed by atoms with Gasteiger partial charge in [-0.1, -0.05) is 64.4 Å². The van der Waals surface area contributed by atoms with Crippen LogP contribution in [0.1, 0.15) is 52.0 Å². The van der Waals surface area contributed by atoms with E-state index in [0.29, 0.717) is 23.5 Å². The molecule has 108 valence electrons. The number of benzene rings is 2. The Labute approximate surface area is 122 Å². The first kappa shape index (κ1) is 14.9. The van der Waals surface area contributed by atoms with E-state index in [1.807, 2.05) is 18.2 Å². The second-order valence-corrected chi connectivity index (χ2v) is 6.34. The van der Waals surface area contributed by atoms with E-state index in [9.17, 15) is 5.11 Å². The minimum absolute atomic E-state index is 0.386. The Kier molecular flexibility index (Phi) is 4.69. The predicted octanol–water partition coefficient (Wildman–Crippen LogP) is 5.72. The van der Waals surface area contributed by atoms with Gasteiger partial charge in [0.2, 0.25) is 0 Å². The van der Waals surface area contributed by atoms with E-state index < -0.39 is 0 Å². The number of rotatable bonds is 5. The van der Waals surface area contributed by atoms with Gasteiger partial charge in [-0.3, -0.25) is 0 Å². The van der Waals surface area contributed by atoms with Crippen molar-refractivity contribution in [3.8, 4) is 5.75 Å². The zero-order valence-corrected chi connectivity index (χ0v) is 13.1. The zero-order valence-electron chi connectivity index (χ0n) is 13.1. The third kappa shape index (κ3) is 2.98. The molecule has 0 radical (unpaired) electrons. The third-order valence-electron chi connectivity index (χ3n) is 4.39. The van der Waals surface area contributed by atoms with E-state index in [1.165, 1.54) is 23.8 Å². The molecule has 20 heavy (non-hydrogen) atoms. The van der Waals surface area contributed by atoms with Crippen LogP contribution in [-0.4, -0.2) is 5.11 Å². The van der Waals surface area contributed by atoms with Crippen LogP contribution < -0.4 is 0 Å². The van der Waals surface area contributed by atoms with E-state index in [1.54, 1.807) is 0 Å². The summed E-state index contributed by atoms with van der Waals surface area (Å²) in [5.74, 6) is 2.29. The molecule has 0 saturated carbocycles. The second kappa shape index (κ2) is 6.30. The van der Waals surface area contributed by atoms with Crippen molar-refractivity contribution in [2.75, 3.05) is 0 Å². The van der Waals surface area contributed by atoms with Crippen molar-refractivity contribution in [1.82, 2.24) is 0 Å². The Hall–Kier alpha value is -1.50. The van der Waals surface area contributed by atoms with Gasteiger partial charge in [0.1, 0.15) is 5.75 Å². The van der Waals surface area contributed by atoms with Crippen LogP contribution in [0.5, 0.6) is 5.75 Å². The number of phenols is 1. The van der Waals surface area contributed by atoms with Crippen molar-refractivity contribution in [1.29, 1.82) is 0 Å². The van der Waals surface area contributed by atoms with Gasteiger partial charge in [-0.15, -0.1) is 0 Å². The second-order valence-electron chi connectivity index (χ2n) is 6.34. The third-order valence-corrected chi connectivity index (χ3v) is 4.39. The van der Waals surface area contributed by atoms with Crippen molar-refractivity contribution in [3.05, 3.63) is 42.0 Å². The number of hydrogen-bond acceptors (Lipinski definition) is 1. The molecule has 2 aromatic rings. The zero-order chi connectivity index (χ0) is 14.7. The molecule has 0 saturated heterocycles. The minimum atomic E-state index is 0.386. The molecule has 2 aromatic carbocycles. The molecule has 2 rings (SSSR count). The summed E-state index contributed by atoms with van der Waals surface area (Å²) < 4.78 is 0. The van der Waals surface area contributed by atoms with Crippen LogP contribution >= 0.6 is 0 Å². The number of aromatic hydroxyl groups is 1. The highest BCUT2D eigenvalue weighted by Crippen LogP contribution is 2.39. The standard InChI is InChI=1S/C19H26O/c1-5-14(4)18(12-13(2)3)16-10-11-19(20)17-9-7-6-8-15(16)17/h6-11,13-14,18,20H,5,12H2,1-4H3. The highest BCUT2D eigenvalue weighted by atomic mass is 16.3. The average Bonchev–Trinajstić information content (AvgIpc) is 2.45. The molecule has 1 heteroatoms. The number of fused-ring (bicyclic) bond motifs is 1. The van der Waals surface area contributed by atoms with Crippen molar-refractivity contribution >= 4 is 10.8 Å². The molecule has 0 aromatic heterocycles. The Morgan fingerprint density at radius 2 is 1.60 bits per heavy atom. The van der Waals surface area contributed by atoms with E-state index in [0.717, 1.165) is 5.39 Å². The summed E-state index contributed by atoms with van der Waals surface area (Å²) in [4.78, 5) is 0. The molecule has 0 heterocycles. The summed E-state index contributed by atoms with van der Waals surface area (Å²) in [6, 6.07) is 12.2. The monoisotopic (exact) mass is 270 g/mol. The first-order valence-electron chi connectivity index (χ1n) is 7.75. The fourth-order valence-corrected chi connectivity index (χ4v) is 3.09. The summed E-state index contributed by atoms with van der Waals surface area (Å²) in [5, 5.41) is 12.2. The predicted molar refractivity (Wildman–Crippen MR) is 87.3 cm³/mol. The van der Waals surface area contributed by atoms with Crippen molar-refractivity contribution in [2.45, 2.75) is 46.5 Å². The molecule has 0 aliphatic carbocycles. The maximum Gasteiger partial charge on any atom is 0.123 e. The van der Waals surface area contributed by atoms with Gasteiger partial charge in [-0.25, -0.2) is 0 Å². The molecule has 0 spiro atoms. The quantitative estimate of drug-likeness (QED) is 0.736. The molecule has 1 nitrogen and oxygen atoms in total. The molecule has 1 N–H and O–H groups in total. The van der Waals surface area contributed by atoms with Crippen LogP contribution in [-0.2, 0) is 0 Å². The maximum atomic E-state index is 10.1. The molecule has 0 aliphatic heterocycles. The molecule has 0 aliphatic rings. The highest BCUT2D eigenvalue weighted by Gasteiger charge is 2.21. The molecular weight excluding hydrogens is 244 g/mol. The largest absolute Gasteiger partial charge is 0.507 e. The average molecular weight is 270 g/mol. The van der Waals surface area contributed by atoms with Gasteiger partial charge < -0.3 is 5.11 Å². The molecule has 2 unspecified atom stereocenters. The van der Waals surface area contributed by atoms with E-state index >= 15 is 0 Å². The number of hydrogen-bond donors (Lipinski definition) is 1. The van der Waals surface area contributed by atoms with Gasteiger partial charge in [-0.05, 0) is 41.2 Å². The van der Waals surface area contributed by atoms with Crippen LogP contribution in [0.3, 0.4) is 0 Å². The van der Waals surface area contributed by atoms with Gasteiger partial charge in [0.05, 0.1) is 0 Å². The van der Waals surface area contributed by atoms with Crippen LogP contribution in [0.25, 0.3) is 10.8 Å². The molecule has 0 bridgehead atoms. The van der Waals surface area contributed by atoms with Crippen LogP contribution in [0.4, 0.5) is 0 Å². The van der Waals surface area contributed by atoms with Gasteiger partial charge in [0, 0.05) is 5.39 Å². The Bertz CT molecular complexity index is 571. The smallest absolute Gasteiger partial charge is 0.123 e. The lowest BCUT2D eigenvalue weighted by Crippen LogP contribution is -2.12. The summed E-state index contributed by atoms with van der Waals surface area (Å²) in [6.07, 6.45) is 2.39. The highest BCUT2D eigenvalue weighted by molar-refractivity contribution is 5.91. The maximum absolute atomic E-state index is 10.1. The topological polar surface area (TPSA) is 20.2 Å². The first-order valence-corrected chi connectivity index (χ1v) is 7.75. The van der Waals surface area contributed by atoms with Gasteiger partial charge in [0.15, 0.2) is 0 Å². The molecule has 2 atom stereocenters. The summed E-state index contributed by atoms with van der Waals surface area (Å²) in [6.45, 7) is 9.19. The SMILES string of the molecule is CCC(C)C(CC(C)C)c1ccc(O)c2ccccc12. The van der Waals surface area contributed by atoms with Crippen LogP contribution in [0, 0.1) is 11.8 Å². The van der Waals surface area contributed by atoms with Crippen molar-refractivity contribution in [3.63, 3.8) is 0 Å². The van der Waals surface area contributed by atoms with Crippen LogP contribution in [0.2, 0.25) is 0 Å². The van der Waals surface area contributed by atoms with E-state index in [4.69, 9.17) is 0 Å². The normalized spacial score (nSPS) is 14.7. The molecule has 0 fully saturated rings. The Morgan fingerprint density at radius 1 is 0.950 bits per heavy atom. The van der Waals surface area contributed by atoms with Crippen molar-refractivity contribution < 1.29 is 5.11 Å². The van der Waals surface area contributed by atoms with Gasteiger partial charge in [-0.2, -0.15) is 0 Å². The summed E-state index contributed by atoms with van der Waals surface area (Å²) in [7, 11) is 0. The Balaban J connectivity index is 2.56. The summed E-state index contributed by atoms with van der Waals surface area (Å²) in [5.41, 5.74) is 1.39. The molecule has 0 amide bonds. The number of phenolic OH excluding ortho intramolecular Hbond substituents is 1. The lowest BCUT2D eigenvalue weighted by molar-refractivity contribution is 0.378. The Morgan fingerprint density at radius 3 is 2.20 bits per heavy atom. The lowest BCUT2D eigenvalue weighted by Gasteiger charge is -2.27. The van der Waals surface area contributed by atoms with E-state index in [2.05, 4.69) is 45.9 Å². The first-order chi connectivity index (χ1) is 9.54. The van der Waals surface area contributed by atoms with E-state index in [-0.39, 0.29) is 0 Å². The van der Waals surface area contributed by atoms with Crippen LogP contribution in [0.15, 0.2) is 36.4 Å². The minimum Gasteiger partial charge on any atom is -0.507 e. The van der Waals surface area contributed by atoms with Crippen molar-refractivity contribution in [2.24, 2.45) is 11.8 Å². The van der Waals surface area contributed by atoms with Gasteiger partial charge in [0.25, 0.3) is 0 Å². The fourth-order valence-electron chi connectivity index (χ4n) is 3.09. The summed E-state index contributed by atoms with van der Waals surface area (Å²) >= 11 is 0. The van der Waals surface area contributed by atoms with Gasteiger partial charge >= 0.3 is 0 Å². The molecular formula is C19H26O. The lowest BCUT2D eigenvalue weighted by atomic mass is 9.78.